The lowest BCUT2D eigenvalue weighted by Gasteiger charge is -2.25. The van der Waals surface area contributed by atoms with Gasteiger partial charge in [-0.25, -0.2) is 9.31 Å². The lowest BCUT2D eigenvalue weighted by molar-refractivity contribution is -0.120. The van der Waals surface area contributed by atoms with E-state index in [4.69, 9.17) is 11.6 Å². The summed E-state index contributed by atoms with van der Waals surface area (Å²) >= 11 is 5.86. The number of carbonyl (C=O) groups excluding carboxylic acids is 2. The average molecular weight is 265 g/mol. The third kappa shape index (κ3) is 1.70. The third-order valence-electron chi connectivity index (χ3n) is 2.80. The summed E-state index contributed by atoms with van der Waals surface area (Å²) in [6.07, 6.45) is 3.53. The highest BCUT2D eigenvalue weighted by atomic mass is 35.5. The fourth-order valence-corrected chi connectivity index (χ4v) is 2.10. The number of pyridine rings is 1. The predicted molar refractivity (Wildman–Crippen MR) is 65.7 cm³/mol. The fraction of sp³-hybridized carbons (Fsp3) is 0.182. The maximum Gasteiger partial charge on any atom is 0.328 e. The van der Waals surface area contributed by atoms with Crippen molar-refractivity contribution in [1.82, 2.24) is 14.9 Å². The minimum atomic E-state index is -0.420. The zero-order valence-electron chi connectivity index (χ0n) is 9.26. The Hall–Kier alpha value is -2.08. The number of anilines is 1. The van der Waals surface area contributed by atoms with Gasteiger partial charge in [-0.05, 0) is 12.1 Å². The number of rotatable bonds is 1. The van der Waals surface area contributed by atoms with Crippen LogP contribution in [0.25, 0.3) is 5.52 Å². The van der Waals surface area contributed by atoms with Crippen LogP contribution in [-0.2, 0) is 4.79 Å². The number of fused-ring (bicyclic) bond motifs is 1. The molecule has 1 saturated heterocycles. The van der Waals surface area contributed by atoms with Gasteiger partial charge in [0.2, 0.25) is 5.91 Å². The van der Waals surface area contributed by atoms with E-state index in [2.05, 4.69) is 10.4 Å². The summed E-state index contributed by atoms with van der Waals surface area (Å²) in [5.74, 6) is -0.254. The van der Waals surface area contributed by atoms with Crippen LogP contribution in [0, 0.1) is 0 Å². The summed E-state index contributed by atoms with van der Waals surface area (Å²) in [4.78, 5) is 24.3. The Morgan fingerprint density at radius 2 is 2.17 bits per heavy atom. The molecule has 18 heavy (non-hydrogen) atoms. The molecule has 3 heterocycles. The molecule has 1 N–H and O–H groups in total. The standard InChI is InChI=1S/C11H9ClN4O2/c12-7-1-2-8-9(5-13-16(8)6-7)15-4-3-10(17)14-11(15)18/h1-2,5-6H,3-4H2,(H,14,17,18). The number of nitrogens with one attached hydrogen (secondary N) is 1. The molecular formula is C11H9ClN4O2. The van der Waals surface area contributed by atoms with E-state index in [0.717, 1.165) is 5.52 Å². The molecule has 0 atom stereocenters. The molecule has 2 aromatic heterocycles. The molecule has 0 aliphatic carbocycles. The first-order valence-electron chi connectivity index (χ1n) is 5.39. The molecule has 2 aromatic rings. The van der Waals surface area contributed by atoms with E-state index >= 15 is 0 Å². The van der Waals surface area contributed by atoms with Crippen LogP contribution in [0.2, 0.25) is 5.02 Å². The first kappa shape index (κ1) is 11.0. The van der Waals surface area contributed by atoms with E-state index in [0.29, 0.717) is 17.3 Å². The van der Waals surface area contributed by atoms with Crippen molar-refractivity contribution < 1.29 is 9.59 Å². The first-order chi connectivity index (χ1) is 8.65. The van der Waals surface area contributed by atoms with Gasteiger partial charge < -0.3 is 0 Å². The highest BCUT2D eigenvalue weighted by Crippen LogP contribution is 2.24. The minimum absolute atomic E-state index is 0.254. The molecule has 1 aliphatic rings. The Morgan fingerprint density at radius 3 is 2.94 bits per heavy atom. The Bertz CT molecular complexity index is 652. The SMILES string of the molecule is O=C1CCN(c2cnn3cc(Cl)ccc23)C(=O)N1. The Kier molecular flexibility index (Phi) is 2.45. The van der Waals surface area contributed by atoms with Crippen LogP contribution in [-0.4, -0.2) is 28.1 Å². The molecule has 1 fully saturated rings. The number of aromatic nitrogens is 2. The predicted octanol–water partition coefficient (Wildman–Crippen LogP) is 1.43. The van der Waals surface area contributed by atoms with Crippen molar-refractivity contribution in [3.63, 3.8) is 0 Å². The maximum atomic E-state index is 11.7. The second-order valence-corrected chi connectivity index (χ2v) is 4.40. The van der Waals surface area contributed by atoms with E-state index in [1.54, 1.807) is 29.0 Å². The normalized spacial score (nSPS) is 16.2. The van der Waals surface area contributed by atoms with E-state index < -0.39 is 6.03 Å². The van der Waals surface area contributed by atoms with Crippen molar-refractivity contribution in [2.24, 2.45) is 0 Å². The van der Waals surface area contributed by atoms with Crippen LogP contribution in [0.15, 0.2) is 24.5 Å². The number of imide groups is 1. The molecule has 0 bridgehead atoms. The van der Waals surface area contributed by atoms with Crippen molar-refractivity contribution in [2.75, 3.05) is 11.4 Å². The lowest BCUT2D eigenvalue weighted by Crippen LogP contribution is -2.49. The minimum Gasteiger partial charge on any atom is -0.290 e. The second kappa shape index (κ2) is 3.99. The van der Waals surface area contributed by atoms with Crippen LogP contribution >= 0.6 is 11.6 Å². The highest BCUT2D eigenvalue weighted by Gasteiger charge is 2.26. The van der Waals surface area contributed by atoms with Gasteiger partial charge in [0.05, 0.1) is 22.4 Å². The van der Waals surface area contributed by atoms with Crippen molar-refractivity contribution in [2.45, 2.75) is 6.42 Å². The molecule has 0 spiro atoms. The number of amides is 3. The van der Waals surface area contributed by atoms with E-state index in [1.807, 2.05) is 0 Å². The Morgan fingerprint density at radius 1 is 1.33 bits per heavy atom. The largest absolute Gasteiger partial charge is 0.328 e. The summed E-state index contributed by atoms with van der Waals surface area (Å²) in [5, 5.41) is 6.98. The highest BCUT2D eigenvalue weighted by molar-refractivity contribution is 6.30. The van der Waals surface area contributed by atoms with Crippen LogP contribution in [0.5, 0.6) is 0 Å². The lowest BCUT2D eigenvalue weighted by atomic mass is 10.2. The van der Waals surface area contributed by atoms with Gasteiger partial charge in [0.25, 0.3) is 0 Å². The summed E-state index contributed by atoms with van der Waals surface area (Å²) in [6.45, 7) is 0.356. The van der Waals surface area contributed by atoms with Crippen LogP contribution in [0.1, 0.15) is 6.42 Å². The van der Waals surface area contributed by atoms with E-state index in [-0.39, 0.29) is 12.3 Å². The van der Waals surface area contributed by atoms with Crippen LogP contribution < -0.4 is 10.2 Å². The molecule has 3 amide bonds. The van der Waals surface area contributed by atoms with Crippen molar-refractivity contribution in [1.29, 1.82) is 0 Å². The van der Waals surface area contributed by atoms with Gasteiger partial charge >= 0.3 is 6.03 Å². The van der Waals surface area contributed by atoms with Gasteiger partial charge in [-0.15, -0.1) is 0 Å². The van der Waals surface area contributed by atoms with E-state index in [9.17, 15) is 9.59 Å². The Labute approximate surface area is 107 Å². The van der Waals surface area contributed by atoms with Crippen LogP contribution in [0.3, 0.4) is 0 Å². The van der Waals surface area contributed by atoms with Crippen molar-refractivity contribution in [3.05, 3.63) is 29.5 Å². The van der Waals surface area contributed by atoms with Gasteiger partial charge in [-0.1, -0.05) is 11.6 Å². The number of nitrogens with zero attached hydrogens (tertiary/aromatic N) is 3. The van der Waals surface area contributed by atoms with Crippen molar-refractivity contribution >= 4 is 34.7 Å². The number of hydrogen-bond donors (Lipinski definition) is 1. The molecule has 92 valence electrons. The summed E-state index contributed by atoms with van der Waals surface area (Å²) in [5.41, 5.74) is 1.43. The van der Waals surface area contributed by atoms with Crippen LogP contribution in [0.4, 0.5) is 10.5 Å². The number of hydrogen-bond acceptors (Lipinski definition) is 3. The molecule has 0 aromatic carbocycles. The molecular weight excluding hydrogens is 256 g/mol. The first-order valence-corrected chi connectivity index (χ1v) is 5.77. The fourth-order valence-electron chi connectivity index (χ4n) is 1.95. The summed E-state index contributed by atoms with van der Waals surface area (Å²) < 4.78 is 1.60. The molecule has 0 saturated carbocycles. The number of halogens is 1. The van der Waals surface area contributed by atoms with Gasteiger partial charge in [0, 0.05) is 19.2 Å². The monoisotopic (exact) mass is 264 g/mol. The van der Waals surface area contributed by atoms with E-state index in [1.165, 1.54) is 4.90 Å². The summed E-state index contributed by atoms with van der Waals surface area (Å²) in [6, 6.07) is 3.10. The summed E-state index contributed by atoms with van der Waals surface area (Å²) in [7, 11) is 0. The second-order valence-electron chi connectivity index (χ2n) is 3.96. The number of urea groups is 1. The van der Waals surface area contributed by atoms with Gasteiger partial charge in [-0.2, -0.15) is 5.10 Å². The molecule has 0 radical (unpaired) electrons. The topological polar surface area (TPSA) is 66.7 Å². The molecule has 0 unspecified atom stereocenters. The average Bonchev–Trinajstić information content (AvgIpc) is 2.72. The zero-order chi connectivity index (χ0) is 12.7. The molecule has 3 rings (SSSR count). The molecule has 6 nitrogen and oxygen atoms in total. The molecule has 7 heteroatoms. The van der Waals surface area contributed by atoms with Crippen molar-refractivity contribution in [3.8, 4) is 0 Å². The maximum absolute atomic E-state index is 11.7. The van der Waals surface area contributed by atoms with Gasteiger partial charge in [0.1, 0.15) is 0 Å². The quantitative estimate of drug-likeness (QED) is 0.847. The number of carbonyl (C=O) groups is 2. The zero-order valence-corrected chi connectivity index (χ0v) is 10.0. The third-order valence-corrected chi connectivity index (χ3v) is 3.03. The molecule has 1 aliphatic heterocycles. The van der Waals surface area contributed by atoms with Gasteiger partial charge in [-0.3, -0.25) is 15.0 Å². The Balaban J connectivity index is 2.04. The smallest absolute Gasteiger partial charge is 0.290 e. The van der Waals surface area contributed by atoms with Gasteiger partial charge in [0.15, 0.2) is 0 Å².